The zero-order valence-electron chi connectivity index (χ0n) is 10.8. The summed E-state index contributed by atoms with van der Waals surface area (Å²) < 4.78 is 4.96. The van der Waals surface area contributed by atoms with Crippen molar-refractivity contribution in [1.29, 1.82) is 0 Å². The molecule has 0 fully saturated rings. The third-order valence-electron chi connectivity index (χ3n) is 2.51. The van der Waals surface area contributed by atoms with Crippen LogP contribution in [-0.2, 0) is 4.74 Å². The molecule has 2 rings (SSSR count). The molecular weight excluding hydrogens is 296 g/mol. The molecule has 0 bridgehead atoms. The Kier molecular flexibility index (Phi) is 4.93. The number of carbonyl (C=O) groups excluding carboxylic acids is 1. The van der Waals surface area contributed by atoms with Crippen molar-refractivity contribution in [1.82, 2.24) is 0 Å². The summed E-state index contributed by atoms with van der Waals surface area (Å²) >= 11 is 7.48. The van der Waals surface area contributed by atoms with E-state index in [1.165, 1.54) is 11.8 Å². The van der Waals surface area contributed by atoms with Gasteiger partial charge in [-0.2, -0.15) is 0 Å². The van der Waals surface area contributed by atoms with Gasteiger partial charge in [0.2, 0.25) is 0 Å². The van der Waals surface area contributed by atoms with Crippen LogP contribution in [0, 0.1) is 0 Å². The molecule has 0 radical (unpaired) electrons. The maximum absolute atomic E-state index is 11.8. The standard InChI is InChI=1S/C15H13ClO3S/c1-2-19-15(18)13-9-12(7-8-14(13)16)20-11-5-3-10(17)4-6-11/h3-9,17H,2H2,1H3. The van der Waals surface area contributed by atoms with Gasteiger partial charge in [-0.15, -0.1) is 0 Å². The zero-order chi connectivity index (χ0) is 14.5. The Bertz CT molecular complexity index is 611. The van der Waals surface area contributed by atoms with Gasteiger partial charge in [-0.25, -0.2) is 4.79 Å². The summed E-state index contributed by atoms with van der Waals surface area (Å²) in [5.74, 6) is -0.205. The Balaban J connectivity index is 2.22. The minimum absolute atomic E-state index is 0.220. The maximum Gasteiger partial charge on any atom is 0.339 e. The van der Waals surface area contributed by atoms with Gasteiger partial charge in [0.15, 0.2) is 0 Å². The van der Waals surface area contributed by atoms with E-state index in [0.717, 1.165) is 9.79 Å². The summed E-state index contributed by atoms with van der Waals surface area (Å²) in [4.78, 5) is 13.6. The molecule has 0 atom stereocenters. The Hall–Kier alpha value is -1.65. The van der Waals surface area contributed by atoms with E-state index in [1.807, 2.05) is 6.07 Å². The smallest absolute Gasteiger partial charge is 0.339 e. The first-order valence-electron chi connectivity index (χ1n) is 6.03. The molecule has 3 nitrogen and oxygen atoms in total. The first-order valence-corrected chi connectivity index (χ1v) is 7.23. The molecule has 5 heteroatoms. The lowest BCUT2D eigenvalue weighted by Crippen LogP contribution is -2.05. The average Bonchev–Trinajstić information content (AvgIpc) is 2.43. The van der Waals surface area contributed by atoms with Crippen LogP contribution < -0.4 is 0 Å². The first kappa shape index (κ1) is 14.8. The largest absolute Gasteiger partial charge is 0.508 e. The first-order chi connectivity index (χ1) is 9.60. The van der Waals surface area contributed by atoms with E-state index >= 15 is 0 Å². The van der Waals surface area contributed by atoms with E-state index in [4.69, 9.17) is 16.3 Å². The highest BCUT2D eigenvalue weighted by Gasteiger charge is 2.12. The Morgan fingerprint density at radius 1 is 1.20 bits per heavy atom. The highest BCUT2D eigenvalue weighted by Crippen LogP contribution is 2.31. The fraction of sp³-hybridized carbons (Fsp3) is 0.133. The number of halogens is 1. The number of ether oxygens (including phenoxy) is 1. The van der Waals surface area contributed by atoms with Crippen molar-refractivity contribution in [3.63, 3.8) is 0 Å². The lowest BCUT2D eigenvalue weighted by Gasteiger charge is -2.07. The zero-order valence-corrected chi connectivity index (χ0v) is 12.4. The van der Waals surface area contributed by atoms with Crippen LogP contribution in [0.3, 0.4) is 0 Å². The fourth-order valence-electron chi connectivity index (χ4n) is 1.58. The SMILES string of the molecule is CCOC(=O)c1cc(Sc2ccc(O)cc2)ccc1Cl. The average molecular weight is 309 g/mol. The predicted octanol–water partition coefficient (Wildman–Crippen LogP) is 4.37. The second-order valence-electron chi connectivity index (χ2n) is 3.96. The number of hydrogen-bond donors (Lipinski definition) is 1. The van der Waals surface area contributed by atoms with Gasteiger partial charge in [0.1, 0.15) is 5.75 Å². The molecule has 104 valence electrons. The van der Waals surface area contributed by atoms with Crippen LogP contribution in [0.5, 0.6) is 5.75 Å². The summed E-state index contributed by atoms with van der Waals surface area (Å²) in [6, 6.07) is 12.1. The van der Waals surface area contributed by atoms with Crippen LogP contribution in [0.25, 0.3) is 0 Å². The second-order valence-corrected chi connectivity index (χ2v) is 5.51. The quantitative estimate of drug-likeness (QED) is 0.852. The monoisotopic (exact) mass is 308 g/mol. The van der Waals surface area contributed by atoms with Gasteiger partial charge < -0.3 is 9.84 Å². The van der Waals surface area contributed by atoms with E-state index in [9.17, 15) is 9.90 Å². The van der Waals surface area contributed by atoms with Gasteiger partial charge in [0.05, 0.1) is 17.2 Å². The third-order valence-corrected chi connectivity index (χ3v) is 3.83. The summed E-state index contributed by atoms with van der Waals surface area (Å²) in [6.45, 7) is 2.06. The molecule has 0 aliphatic carbocycles. The molecule has 0 amide bonds. The van der Waals surface area contributed by atoms with Crippen molar-refractivity contribution in [2.45, 2.75) is 16.7 Å². The number of carbonyl (C=O) groups is 1. The predicted molar refractivity (Wildman–Crippen MR) is 79.6 cm³/mol. The number of esters is 1. The van der Waals surface area contributed by atoms with Gasteiger partial charge in [-0.1, -0.05) is 23.4 Å². The normalized spacial score (nSPS) is 10.3. The third kappa shape index (κ3) is 3.68. The molecule has 2 aromatic carbocycles. The van der Waals surface area contributed by atoms with Crippen LogP contribution in [0.15, 0.2) is 52.3 Å². The Morgan fingerprint density at radius 2 is 1.85 bits per heavy atom. The fourth-order valence-corrected chi connectivity index (χ4v) is 2.64. The Labute approximate surface area is 126 Å². The van der Waals surface area contributed by atoms with Gasteiger partial charge in [-0.3, -0.25) is 0 Å². The van der Waals surface area contributed by atoms with Crippen molar-refractivity contribution in [3.8, 4) is 5.75 Å². The number of hydrogen-bond acceptors (Lipinski definition) is 4. The van der Waals surface area contributed by atoms with Crippen LogP contribution in [0.2, 0.25) is 5.02 Å². The van der Waals surface area contributed by atoms with Gasteiger partial charge in [0, 0.05) is 9.79 Å². The van der Waals surface area contributed by atoms with Gasteiger partial charge >= 0.3 is 5.97 Å². The molecule has 0 unspecified atom stereocenters. The van der Waals surface area contributed by atoms with Crippen molar-refractivity contribution < 1.29 is 14.6 Å². The molecule has 1 N–H and O–H groups in total. The molecule has 0 spiro atoms. The molecule has 2 aromatic rings. The molecule has 0 aliphatic heterocycles. The molecule has 0 aromatic heterocycles. The molecule has 0 heterocycles. The second kappa shape index (κ2) is 6.68. The van der Waals surface area contributed by atoms with Crippen LogP contribution in [-0.4, -0.2) is 17.7 Å². The number of phenols is 1. The Morgan fingerprint density at radius 3 is 2.50 bits per heavy atom. The van der Waals surface area contributed by atoms with E-state index in [1.54, 1.807) is 43.3 Å². The van der Waals surface area contributed by atoms with Crippen LogP contribution in [0.4, 0.5) is 0 Å². The minimum Gasteiger partial charge on any atom is -0.508 e. The van der Waals surface area contributed by atoms with Crippen molar-refractivity contribution >= 4 is 29.3 Å². The summed E-state index contributed by atoms with van der Waals surface area (Å²) in [7, 11) is 0. The highest BCUT2D eigenvalue weighted by molar-refractivity contribution is 7.99. The topological polar surface area (TPSA) is 46.5 Å². The minimum atomic E-state index is -0.425. The number of aromatic hydroxyl groups is 1. The van der Waals surface area contributed by atoms with E-state index in [2.05, 4.69) is 0 Å². The summed E-state index contributed by atoms with van der Waals surface area (Å²) in [5, 5.41) is 9.62. The van der Waals surface area contributed by atoms with Crippen molar-refractivity contribution in [3.05, 3.63) is 53.1 Å². The number of benzene rings is 2. The molecule has 0 saturated carbocycles. The number of phenolic OH excluding ortho intramolecular Hbond substituents is 1. The summed E-state index contributed by atoms with van der Waals surface area (Å²) in [6.07, 6.45) is 0. The van der Waals surface area contributed by atoms with Gasteiger partial charge in [0.25, 0.3) is 0 Å². The highest BCUT2D eigenvalue weighted by atomic mass is 35.5. The number of rotatable bonds is 4. The van der Waals surface area contributed by atoms with E-state index in [-0.39, 0.29) is 5.75 Å². The summed E-state index contributed by atoms with van der Waals surface area (Å²) in [5.41, 5.74) is 0.359. The van der Waals surface area contributed by atoms with E-state index < -0.39 is 5.97 Å². The van der Waals surface area contributed by atoms with Crippen LogP contribution >= 0.6 is 23.4 Å². The van der Waals surface area contributed by atoms with Gasteiger partial charge in [-0.05, 0) is 49.4 Å². The van der Waals surface area contributed by atoms with Crippen LogP contribution in [0.1, 0.15) is 17.3 Å². The van der Waals surface area contributed by atoms with Crippen molar-refractivity contribution in [2.24, 2.45) is 0 Å². The maximum atomic E-state index is 11.8. The lowest BCUT2D eigenvalue weighted by molar-refractivity contribution is 0.0526. The molecule has 0 saturated heterocycles. The van der Waals surface area contributed by atoms with E-state index in [0.29, 0.717) is 17.2 Å². The lowest BCUT2D eigenvalue weighted by atomic mass is 10.2. The molecule has 20 heavy (non-hydrogen) atoms. The van der Waals surface area contributed by atoms with Crippen molar-refractivity contribution in [2.75, 3.05) is 6.61 Å². The molecule has 0 aliphatic rings. The molecular formula is C15H13ClO3S.